The molecular weight excluding hydrogens is 258 g/mol. The molecule has 5 heteroatoms. The average Bonchev–Trinajstić information content (AvgIpc) is 2.77. The zero-order valence-corrected chi connectivity index (χ0v) is 11.7. The lowest BCUT2D eigenvalue weighted by Gasteiger charge is -2.06. The topological polar surface area (TPSA) is 68.0 Å². The van der Waals surface area contributed by atoms with Gasteiger partial charge in [0, 0.05) is 11.9 Å². The van der Waals surface area contributed by atoms with Crippen LogP contribution >= 0.6 is 11.3 Å². The fraction of sp³-hybridized carbons (Fsp3) is 0.286. The van der Waals surface area contributed by atoms with Crippen molar-refractivity contribution in [3.63, 3.8) is 0 Å². The number of hydrogen-bond donors (Lipinski definition) is 2. The van der Waals surface area contributed by atoms with E-state index in [0.29, 0.717) is 18.1 Å². The summed E-state index contributed by atoms with van der Waals surface area (Å²) in [7, 11) is 0. The van der Waals surface area contributed by atoms with E-state index in [1.807, 2.05) is 17.5 Å². The molecule has 0 atom stereocenters. The highest BCUT2D eigenvalue weighted by Gasteiger charge is 2.06. The van der Waals surface area contributed by atoms with E-state index in [1.54, 1.807) is 0 Å². The molecule has 2 aromatic rings. The Hall–Kier alpha value is -1.88. The first-order valence-electron chi connectivity index (χ1n) is 6.16. The van der Waals surface area contributed by atoms with Crippen molar-refractivity contribution >= 4 is 22.4 Å². The molecule has 100 valence electrons. The summed E-state index contributed by atoms with van der Waals surface area (Å²) < 4.78 is 0. The van der Waals surface area contributed by atoms with Crippen LogP contribution in [0.25, 0.3) is 0 Å². The number of rotatable bonds is 5. The third-order valence-electron chi connectivity index (χ3n) is 2.89. The minimum absolute atomic E-state index is 0.0149. The number of nitrogens with one attached hydrogen (secondary N) is 1. The van der Waals surface area contributed by atoms with Crippen LogP contribution in [-0.2, 0) is 17.6 Å². The molecule has 0 spiro atoms. The molecule has 0 bridgehead atoms. The molecule has 0 unspecified atom stereocenters. The standard InChI is InChI=1S/C14H17N3OS/c1-10-4-2-3-5-11(10)6-7-16-13(18)8-12-9-19-14(15)17-12/h2-5,9H,6-8H2,1H3,(H2,15,17)(H,16,18). The number of carbonyl (C=O) groups is 1. The van der Waals surface area contributed by atoms with Gasteiger partial charge in [-0.15, -0.1) is 11.3 Å². The summed E-state index contributed by atoms with van der Waals surface area (Å²) in [6.07, 6.45) is 1.14. The Balaban J connectivity index is 1.77. The Morgan fingerprint density at radius 3 is 2.89 bits per heavy atom. The van der Waals surface area contributed by atoms with Crippen molar-refractivity contribution in [2.75, 3.05) is 12.3 Å². The van der Waals surface area contributed by atoms with Gasteiger partial charge < -0.3 is 11.1 Å². The van der Waals surface area contributed by atoms with Crippen molar-refractivity contribution in [3.05, 3.63) is 46.5 Å². The number of benzene rings is 1. The number of aromatic nitrogens is 1. The van der Waals surface area contributed by atoms with E-state index < -0.39 is 0 Å². The van der Waals surface area contributed by atoms with Crippen molar-refractivity contribution < 1.29 is 4.79 Å². The van der Waals surface area contributed by atoms with Crippen LogP contribution in [0.2, 0.25) is 0 Å². The highest BCUT2D eigenvalue weighted by molar-refractivity contribution is 7.13. The van der Waals surface area contributed by atoms with Gasteiger partial charge in [0.1, 0.15) is 0 Å². The summed E-state index contributed by atoms with van der Waals surface area (Å²) in [4.78, 5) is 15.8. The zero-order valence-electron chi connectivity index (χ0n) is 10.8. The molecule has 0 aliphatic rings. The van der Waals surface area contributed by atoms with Gasteiger partial charge in [-0.05, 0) is 24.5 Å². The molecule has 1 aromatic carbocycles. The van der Waals surface area contributed by atoms with Crippen molar-refractivity contribution in [1.29, 1.82) is 0 Å². The highest BCUT2D eigenvalue weighted by atomic mass is 32.1. The fourth-order valence-electron chi connectivity index (χ4n) is 1.86. The summed E-state index contributed by atoms with van der Waals surface area (Å²) >= 11 is 1.36. The highest BCUT2D eigenvalue weighted by Crippen LogP contribution is 2.11. The molecule has 1 heterocycles. The maximum atomic E-state index is 11.7. The van der Waals surface area contributed by atoms with Crippen LogP contribution in [-0.4, -0.2) is 17.4 Å². The molecule has 1 aromatic heterocycles. The first-order chi connectivity index (χ1) is 9.15. The number of amides is 1. The van der Waals surface area contributed by atoms with Crippen LogP contribution in [0.15, 0.2) is 29.6 Å². The molecule has 0 aliphatic heterocycles. The number of carbonyl (C=O) groups excluding carboxylic acids is 1. The van der Waals surface area contributed by atoms with Gasteiger partial charge in [0.05, 0.1) is 12.1 Å². The SMILES string of the molecule is Cc1ccccc1CCNC(=O)Cc1csc(N)n1. The molecule has 0 saturated carbocycles. The van der Waals surface area contributed by atoms with E-state index >= 15 is 0 Å². The Kier molecular flexibility index (Phi) is 4.52. The van der Waals surface area contributed by atoms with E-state index in [0.717, 1.165) is 12.1 Å². The van der Waals surface area contributed by atoms with Crippen LogP contribution in [0.5, 0.6) is 0 Å². The second kappa shape index (κ2) is 6.33. The van der Waals surface area contributed by atoms with Crippen LogP contribution in [0, 0.1) is 6.92 Å². The molecule has 4 nitrogen and oxygen atoms in total. The summed E-state index contributed by atoms with van der Waals surface area (Å²) in [6.45, 7) is 2.72. The Morgan fingerprint density at radius 2 is 2.21 bits per heavy atom. The summed E-state index contributed by atoms with van der Waals surface area (Å²) in [5, 5.41) is 5.22. The third-order valence-corrected chi connectivity index (χ3v) is 3.61. The molecule has 0 radical (unpaired) electrons. The van der Waals surface area contributed by atoms with Crippen molar-refractivity contribution in [1.82, 2.24) is 10.3 Å². The van der Waals surface area contributed by atoms with Crippen molar-refractivity contribution in [3.8, 4) is 0 Å². The Labute approximate surface area is 116 Å². The van der Waals surface area contributed by atoms with Gasteiger partial charge in [-0.1, -0.05) is 24.3 Å². The van der Waals surface area contributed by atoms with Gasteiger partial charge in [0.25, 0.3) is 0 Å². The Bertz CT molecular complexity index is 565. The summed E-state index contributed by atoms with van der Waals surface area (Å²) in [6, 6.07) is 8.20. The van der Waals surface area contributed by atoms with E-state index in [9.17, 15) is 4.79 Å². The molecule has 3 N–H and O–H groups in total. The number of thiazole rings is 1. The van der Waals surface area contributed by atoms with Gasteiger partial charge in [0.15, 0.2) is 5.13 Å². The summed E-state index contributed by atoms with van der Waals surface area (Å²) in [5.41, 5.74) is 8.77. The number of aryl methyl sites for hydroxylation is 1. The van der Waals surface area contributed by atoms with Crippen LogP contribution < -0.4 is 11.1 Å². The fourth-order valence-corrected chi connectivity index (χ4v) is 2.42. The zero-order chi connectivity index (χ0) is 13.7. The number of nitrogens with zero attached hydrogens (tertiary/aromatic N) is 1. The predicted molar refractivity (Wildman–Crippen MR) is 78.1 cm³/mol. The average molecular weight is 275 g/mol. The van der Waals surface area contributed by atoms with Crippen LogP contribution in [0.1, 0.15) is 16.8 Å². The van der Waals surface area contributed by atoms with E-state index in [-0.39, 0.29) is 5.91 Å². The van der Waals surface area contributed by atoms with Gasteiger partial charge in [-0.2, -0.15) is 0 Å². The van der Waals surface area contributed by atoms with E-state index in [2.05, 4.69) is 29.4 Å². The molecule has 0 saturated heterocycles. The largest absolute Gasteiger partial charge is 0.375 e. The maximum Gasteiger partial charge on any atom is 0.226 e. The minimum atomic E-state index is -0.0149. The Morgan fingerprint density at radius 1 is 1.42 bits per heavy atom. The molecule has 0 fully saturated rings. The molecule has 19 heavy (non-hydrogen) atoms. The predicted octanol–water partition coefficient (Wildman–Crippen LogP) is 1.94. The van der Waals surface area contributed by atoms with Gasteiger partial charge >= 0.3 is 0 Å². The lowest BCUT2D eigenvalue weighted by Crippen LogP contribution is -2.27. The lowest BCUT2D eigenvalue weighted by atomic mass is 10.1. The maximum absolute atomic E-state index is 11.7. The number of hydrogen-bond acceptors (Lipinski definition) is 4. The first-order valence-corrected chi connectivity index (χ1v) is 7.04. The smallest absolute Gasteiger partial charge is 0.226 e. The quantitative estimate of drug-likeness (QED) is 0.876. The van der Waals surface area contributed by atoms with Crippen molar-refractivity contribution in [2.24, 2.45) is 0 Å². The van der Waals surface area contributed by atoms with Gasteiger partial charge in [-0.3, -0.25) is 4.79 Å². The second-order valence-corrected chi connectivity index (χ2v) is 5.27. The normalized spacial score (nSPS) is 10.4. The number of nitrogens with two attached hydrogens (primary N) is 1. The molecule has 1 amide bonds. The molecule has 0 aliphatic carbocycles. The molecular formula is C14H17N3OS. The van der Waals surface area contributed by atoms with Crippen molar-refractivity contribution in [2.45, 2.75) is 19.8 Å². The monoisotopic (exact) mass is 275 g/mol. The molecule has 2 rings (SSSR count). The van der Waals surface area contributed by atoms with Gasteiger partial charge in [-0.25, -0.2) is 4.98 Å². The second-order valence-electron chi connectivity index (χ2n) is 4.38. The van der Waals surface area contributed by atoms with E-state index in [4.69, 9.17) is 5.73 Å². The first kappa shape index (κ1) is 13.5. The number of nitrogen functional groups attached to an aromatic ring is 1. The third kappa shape index (κ3) is 4.06. The summed E-state index contributed by atoms with van der Waals surface area (Å²) in [5.74, 6) is -0.0149. The van der Waals surface area contributed by atoms with Crippen LogP contribution in [0.4, 0.5) is 5.13 Å². The lowest BCUT2D eigenvalue weighted by molar-refractivity contribution is -0.120. The number of anilines is 1. The van der Waals surface area contributed by atoms with Crippen LogP contribution in [0.3, 0.4) is 0 Å². The van der Waals surface area contributed by atoms with E-state index in [1.165, 1.54) is 22.5 Å². The van der Waals surface area contributed by atoms with Gasteiger partial charge in [0.2, 0.25) is 5.91 Å². The minimum Gasteiger partial charge on any atom is -0.375 e.